The van der Waals surface area contributed by atoms with E-state index in [1.54, 1.807) is 32.9 Å². The van der Waals surface area contributed by atoms with Crippen LogP contribution in [-0.4, -0.2) is 31.5 Å². The maximum Gasteiger partial charge on any atom is 0.249 e. The number of benzene rings is 1. The minimum atomic E-state index is -3.62. The van der Waals surface area contributed by atoms with E-state index < -0.39 is 20.7 Å². The number of halogens is 1. The number of nitrogens with two attached hydrogens (primary N) is 1. The number of amidine groups is 1. The van der Waals surface area contributed by atoms with Crippen LogP contribution >= 0.6 is 0 Å². The Morgan fingerprint density at radius 3 is 2.37 bits per heavy atom. The third-order valence-corrected chi connectivity index (χ3v) is 10.1. The fourth-order valence-corrected chi connectivity index (χ4v) is 6.02. The number of nitrogens with one attached hydrogen (secondary N) is 1. The molecule has 3 unspecified atom stereocenters. The number of carbonyl (C=O) groups excluding carboxylic acids is 1. The van der Waals surface area contributed by atoms with Crippen LogP contribution in [0, 0.1) is 36.4 Å². The van der Waals surface area contributed by atoms with Gasteiger partial charge in [0.1, 0.15) is 11.7 Å². The van der Waals surface area contributed by atoms with Crippen molar-refractivity contribution in [1.82, 2.24) is 4.72 Å². The Morgan fingerprint density at radius 2 is 1.89 bits per heavy atom. The fourth-order valence-electron chi connectivity index (χ4n) is 5.30. The summed E-state index contributed by atoms with van der Waals surface area (Å²) in [6.07, 6.45) is 8.29. The molecule has 0 saturated heterocycles. The van der Waals surface area contributed by atoms with Gasteiger partial charge < -0.3 is 5.73 Å². The molecule has 1 aromatic carbocycles. The molecule has 1 aliphatic carbocycles. The molecule has 8 heteroatoms. The van der Waals surface area contributed by atoms with E-state index >= 15 is 0 Å². The Bertz CT molecular complexity index is 1250. The Hall–Kier alpha value is -2.48. The molecule has 3 N–H and O–H groups in total. The second-order valence-corrected chi connectivity index (χ2v) is 14.3. The minimum absolute atomic E-state index is 0.0547. The van der Waals surface area contributed by atoms with Gasteiger partial charge in [-0.15, -0.1) is 0 Å². The summed E-state index contributed by atoms with van der Waals surface area (Å²) in [5.74, 6) is 0.329. The van der Waals surface area contributed by atoms with Crippen molar-refractivity contribution in [3.05, 3.63) is 52.4 Å². The molecule has 1 saturated carbocycles. The van der Waals surface area contributed by atoms with E-state index in [4.69, 9.17) is 5.73 Å². The molecule has 0 aromatic heterocycles. The number of hydrogen-bond acceptors (Lipinski definition) is 4. The van der Waals surface area contributed by atoms with Crippen molar-refractivity contribution < 1.29 is 17.6 Å². The van der Waals surface area contributed by atoms with Gasteiger partial charge in [0.25, 0.3) is 0 Å². The number of aliphatic imine (C=N–C) groups is 1. The zero-order valence-corrected chi connectivity index (χ0v) is 24.7. The van der Waals surface area contributed by atoms with Crippen molar-refractivity contribution in [1.29, 1.82) is 0 Å². The Balaban J connectivity index is 2.11. The fraction of sp³-hybridized carbons (Fsp3) is 0.600. The molecule has 1 aliphatic heterocycles. The molecule has 38 heavy (non-hydrogen) atoms. The van der Waals surface area contributed by atoms with Crippen molar-refractivity contribution in [2.45, 2.75) is 85.3 Å². The topological polar surface area (TPSA) is 102 Å². The third kappa shape index (κ3) is 6.74. The summed E-state index contributed by atoms with van der Waals surface area (Å²) in [6.45, 7) is 13.3. The first-order chi connectivity index (χ1) is 17.7. The lowest BCUT2D eigenvalue weighted by molar-refractivity contribution is -0.112. The van der Waals surface area contributed by atoms with E-state index in [1.807, 2.05) is 19.9 Å². The lowest BCUT2D eigenvalue weighted by atomic mass is 9.75. The molecule has 0 spiro atoms. The van der Waals surface area contributed by atoms with Gasteiger partial charge in [0.05, 0.1) is 11.3 Å². The highest BCUT2D eigenvalue weighted by molar-refractivity contribution is 7.91. The smallest absolute Gasteiger partial charge is 0.249 e. The normalized spacial score (nSPS) is 20.4. The SMILES string of the molecule is CCc1cc(C)c(C(C(N)=O)=C(C2C=CC(NS(=O)(=O)C(C)(C)C)=NC2)C(CC)CC(C)C2CC2)cc1F. The van der Waals surface area contributed by atoms with Gasteiger partial charge in [0.2, 0.25) is 15.9 Å². The van der Waals surface area contributed by atoms with Crippen LogP contribution in [0.2, 0.25) is 0 Å². The Morgan fingerprint density at radius 1 is 1.24 bits per heavy atom. The first-order valence-corrected chi connectivity index (χ1v) is 15.3. The van der Waals surface area contributed by atoms with Gasteiger partial charge in [0, 0.05) is 11.5 Å². The molecular weight excluding hydrogens is 501 g/mol. The molecule has 6 nitrogen and oxygen atoms in total. The highest BCUT2D eigenvalue weighted by atomic mass is 32.2. The quantitative estimate of drug-likeness (QED) is 0.369. The summed E-state index contributed by atoms with van der Waals surface area (Å²) >= 11 is 0. The molecule has 0 bridgehead atoms. The summed E-state index contributed by atoms with van der Waals surface area (Å²) in [5, 5.41) is 0. The lowest BCUT2D eigenvalue weighted by Crippen LogP contribution is -2.42. The zero-order chi connectivity index (χ0) is 28.4. The summed E-state index contributed by atoms with van der Waals surface area (Å²) in [4.78, 5) is 17.7. The van der Waals surface area contributed by atoms with Gasteiger partial charge in [-0.2, -0.15) is 0 Å². The number of primary amides is 1. The number of nitrogens with zero attached hydrogens (tertiary/aromatic N) is 1. The number of carbonyl (C=O) groups is 1. The van der Waals surface area contributed by atoms with Crippen LogP contribution in [-0.2, 0) is 21.2 Å². The number of dihydropyridines is 1. The molecule has 210 valence electrons. The van der Waals surface area contributed by atoms with Crippen LogP contribution in [0.4, 0.5) is 4.39 Å². The van der Waals surface area contributed by atoms with Crippen molar-refractivity contribution in [3.63, 3.8) is 0 Å². The van der Waals surface area contributed by atoms with Gasteiger partial charge in [-0.1, -0.05) is 32.9 Å². The second-order valence-electron chi connectivity index (χ2n) is 11.9. The highest BCUT2D eigenvalue weighted by Crippen LogP contribution is 2.44. The monoisotopic (exact) mass is 545 g/mol. The average Bonchev–Trinajstić information content (AvgIpc) is 3.68. The number of rotatable bonds is 10. The van der Waals surface area contributed by atoms with Gasteiger partial charge >= 0.3 is 0 Å². The molecular formula is C30H44FN3O3S. The maximum absolute atomic E-state index is 15.0. The van der Waals surface area contributed by atoms with Gasteiger partial charge in [-0.05, 0) is 112 Å². The number of hydrogen-bond donors (Lipinski definition) is 2. The van der Waals surface area contributed by atoms with Crippen molar-refractivity contribution >= 4 is 27.3 Å². The van der Waals surface area contributed by atoms with E-state index in [0.717, 1.165) is 24.0 Å². The molecule has 1 aromatic rings. The van der Waals surface area contributed by atoms with Crippen molar-refractivity contribution in [2.24, 2.45) is 34.4 Å². The average molecular weight is 546 g/mol. The number of amides is 1. The molecule has 2 aliphatic rings. The van der Waals surface area contributed by atoms with E-state index in [2.05, 4.69) is 23.6 Å². The Kier molecular flexibility index (Phi) is 9.28. The summed E-state index contributed by atoms with van der Waals surface area (Å²) < 4.78 is 41.9. The first-order valence-electron chi connectivity index (χ1n) is 13.8. The molecule has 3 atom stereocenters. The van der Waals surface area contributed by atoms with Crippen LogP contribution in [0.5, 0.6) is 0 Å². The minimum Gasteiger partial charge on any atom is -0.366 e. The number of aryl methyl sites for hydroxylation is 2. The second kappa shape index (κ2) is 11.7. The van der Waals surface area contributed by atoms with Crippen LogP contribution in [0.1, 0.15) is 83.9 Å². The van der Waals surface area contributed by atoms with E-state index in [9.17, 15) is 17.6 Å². The predicted molar refractivity (Wildman–Crippen MR) is 154 cm³/mol. The van der Waals surface area contributed by atoms with E-state index in [1.165, 1.54) is 18.9 Å². The van der Waals surface area contributed by atoms with Gasteiger partial charge in [-0.3, -0.25) is 14.5 Å². The van der Waals surface area contributed by atoms with Crippen molar-refractivity contribution in [2.75, 3.05) is 6.54 Å². The summed E-state index contributed by atoms with van der Waals surface area (Å²) in [5.41, 5.74) is 9.22. The highest BCUT2D eigenvalue weighted by Gasteiger charge is 2.35. The standard InChI is InChI=1S/C30H44FN3O3S/c1-8-20-15-19(4)24(16-25(20)31)28(29(32)35)27(21(9-2)14-18(3)22-10-11-22)23-12-13-26(33-17-23)34-38(36,37)30(5,6)7/h12-13,15-16,18,21-23H,8-11,14,17H2,1-7H3,(H2,32,35)(H,33,34). The molecule has 3 rings (SSSR count). The lowest BCUT2D eigenvalue weighted by Gasteiger charge is -2.31. The van der Waals surface area contributed by atoms with Gasteiger partial charge in [0.15, 0.2) is 0 Å². The number of sulfonamides is 1. The van der Waals surface area contributed by atoms with Gasteiger partial charge in [-0.25, -0.2) is 12.8 Å². The zero-order valence-electron chi connectivity index (χ0n) is 23.9. The summed E-state index contributed by atoms with van der Waals surface area (Å²) in [7, 11) is -3.62. The van der Waals surface area contributed by atoms with Crippen LogP contribution in [0.25, 0.3) is 5.57 Å². The maximum atomic E-state index is 15.0. The van der Waals surface area contributed by atoms with Crippen molar-refractivity contribution in [3.8, 4) is 0 Å². The van der Waals surface area contributed by atoms with E-state index in [0.29, 0.717) is 35.0 Å². The van der Waals surface area contributed by atoms with Crippen LogP contribution < -0.4 is 10.5 Å². The van der Waals surface area contributed by atoms with E-state index in [-0.39, 0.29) is 30.0 Å². The van der Waals surface area contributed by atoms with Crippen LogP contribution in [0.3, 0.4) is 0 Å². The summed E-state index contributed by atoms with van der Waals surface area (Å²) in [6, 6.07) is 3.25. The molecule has 0 radical (unpaired) electrons. The molecule has 1 amide bonds. The largest absolute Gasteiger partial charge is 0.366 e. The predicted octanol–water partition coefficient (Wildman–Crippen LogP) is 5.70. The Labute approximate surface area is 228 Å². The first kappa shape index (κ1) is 30.1. The third-order valence-electron chi connectivity index (χ3n) is 7.98. The molecule has 1 fully saturated rings. The van der Waals surface area contributed by atoms with Crippen LogP contribution in [0.15, 0.2) is 34.9 Å². The molecule has 1 heterocycles.